The SMILES string of the molecule is Cl.Cl.NCC#CC#CCN1CCCC1. The Morgan fingerprint density at radius 1 is 1.00 bits per heavy atom. The highest BCUT2D eigenvalue weighted by molar-refractivity contribution is 5.85. The Bertz CT molecular complexity index is 238. The summed E-state index contributed by atoms with van der Waals surface area (Å²) in [5.74, 6) is 11.2. The van der Waals surface area contributed by atoms with Gasteiger partial charge in [0.1, 0.15) is 0 Å². The molecular formula is C10H16Cl2N2. The van der Waals surface area contributed by atoms with Crippen molar-refractivity contribution in [3.63, 3.8) is 0 Å². The molecule has 0 atom stereocenters. The first-order valence-corrected chi connectivity index (χ1v) is 4.31. The van der Waals surface area contributed by atoms with Crippen molar-refractivity contribution >= 4 is 24.8 Å². The summed E-state index contributed by atoms with van der Waals surface area (Å²) in [6.45, 7) is 3.65. The van der Waals surface area contributed by atoms with Crippen molar-refractivity contribution < 1.29 is 0 Å². The second-order valence-electron chi connectivity index (χ2n) is 2.79. The number of nitrogens with zero attached hydrogens (tertiary/aromatic N) is 1. The van der Waals surface area contributed by atoms with Crippen molar-refractivity contribution in [3.8, 4) is 23.7 Å². The second-order valence-corrected chi connectivity index (χ2v) is 2.79. The monoisotopic (exact) mass is 234 g/mol. The third kappa shape index (κ3) is 7.06. The minimum absolute atomic E-state index is 0. The summed E-state index contributed by atoms with van der Waals surface area (Å²) in [5.41, 5.74) is 5.18. The van der Waals surface area contributed by atoms with Gasteiger partial charge in [-0.1, -0.05) is 11.8 Å². The zero-order valence-electron chi connectivity index (χ0n) is 8.08. The Balaban J connectivity index is 0. The van der Waals surface area contributed by atoms with Gasteiger partial charge in [0.15, 0.2) is 0 Å². The van der Waals surface area contributed by atoms with Crippen molar-refractivity contribution in [2.75, 3.05) is 26.2 Å². The van der Waals surface area contributed by atoms with Gasteiger partial charge in [0.2, 0.25) is 0 Å². The molecule has 1 rings (SSSR count). The van der Waals surface area contributed by atoms with Gasteiger partial charge in [-0.3, -0.25) is 4.90 Å². The standard InChI is InChI=1S/C10H14N2.2ClH/c11-7-3-1-2-4-8-12-9-5-6-10-12;;/h5-11H2;2*1H. The smallest absolute Gasteiger partial charge is 0.0611 e. The summed E-state index contributed by atoms with van der Waals surface area (Å²) < 4.78 is 0. The van der Waals surface area contributed by atoms with Gasteiger partial charge in [-0.2, -0.15) is 0 Å². The molecular weight excluding hydrogens is 219 g/mol. The molecule has 1 fully saturated rings. The van der Waals surface area contributed by atoms with Crippen molar-refractivity contribution in [2.45, 2.75) is 12.8 Å². The summed E-state index contributed by atoms with van der Waals surface area (Å²) in [7, 11) is 0. The summed E-state index contributed by atoms with van der Waals surface area (Å²) in [6.07, 6.45) is 2.63. The van der Waals surface area contributed by atoms with Crippen LogP contribution in [0.15, 0.2) is 0 Å². The number of hydrogen-bond donors (Lipinski definition) is 1. The fraction of sp³-hybridized carbons (Fsp3) is 0.600. The molecule has 1 saturated heterocycles. The number of halogens is 2. The van der Waals surface area contributed by atoms with Gasteiger partial charge in [-0.15, -0.1) is 24.8 Å². The Morgan fingerprint density at radius 3 is 2.14 bits per heavy atom. The van der Waals surface area contributed by atoms with E-state index in [9.17, 15) is 0 Å². The van der Waals surface area contributed by atoms with Crippen molar-refractivity contribution in [1.82, 2.24) is 4.90 Å². The molecule has 0 unspecified atom stereocenters. The topological polar surface area (TPSA) is 29.3 Å². The molecule has 0 aliphatic carbocycles. The molecule has 80 valence electrons. The van der Waals surface area contributed by atoms with Gasteiger partial charge >= 0.3 is 0 Å². The quantitative estimate of drug-likeness (QED) is 0.684. The molecule has 2 N–H and O–H groups in total. The summed E-state index contributed by atoms with van der Waals surface area (Å²) in [4.78, 5) is 2.34. The minimum atomic E-state index is 0. The maximum absolute atomic E-state index is 5.18. The van der Waals surface area contributed by atoms with Crippen LogP contribution in [0.2, 0.25) is 0 Å². The highest BCUT2D eigenvalue weighted by Gasteiger charge is 2.08. The molecule has 14 heavy (non-hydrogen) atoms. The molecule has 1 heterocycles. The first-order valence-electron chi connectivity index (χ1n) is 4.31. The largest absolute Gasteiger partial charge is 0.320 e. The number of rotatable bonds is 1. The lowest BCUT2D eigenvalue weighted by atomic mass is 10.4. The van der Waals surface area contributed by atoms with Crippen LogP contribution in [0.1, 0.15) is 12.8 Å². The van der Waals surface area contributed by atoms with Crippen LogP contribution in [0.4, 0.5) is 0 Å². The highest BCUT2D eigenvalue weighted by Crippen LogP contribution is 2.05. The Kier molecular flexibility index (Phi) is 12.3. The van der Waals surface area contributed by atoms with E-state index in [1.165, 1.54) is 25.9 Å². The van der Waals surface area contributed by atoms with Crippen LogP contribution in [0, 0.1) is 23.7 Å². The van der Waals surface area contributed by atoms with Crippen molar-refractivity contribution in [1.29, 1.82) is 0 Å². The van der Waals surface area contributed by atoms with Gasteiger partial charge in [0, 0.05) is 0 Å². The minimum Gasteiger partial charge on any atom is -0.320 e. The van der Waals surface area contributed by atoms with Crippen LogP contribution in [0.25, 0.3) is 0 Å². The van der Waals surface area contributed by atoms with E-state index in [0.717, 1.165) is 6.54 Å². The van der Waals surface area contributed by atoms with Crippen molar-refractivity contribution in [2.24, 2.45) is 5.73 Å². The Labute approximate surface area is 98.4 Å². The number of nitrogens with two attached hydrogens (primary N) is 1. The predicted molar refractivity (Wildman–Crippen MR) is 64.8 cm³/mol. The van der Waals surface area contributed by atoms with E-state index in [2.05, 4.69) is 28.6 Å². The van der Waals surface area contributed by atoms with E-state index in [0.29, 0.717) is 6.54 Å². The van der Waals surface area contributed by atoms with E-state index in [-0.39, 0.29) is 24.8 Å². The van der Waals surface area contributed by atoms with Crippen LogP contribution >= 0.6 is 24.8 Å². The van der Waals surface area contributed by atoms with Crippen LogP contribution in [-0.2, 0) is 0 Å². The van der Waals surface area contributed by atoms with E-state index in [1.807, 2.05) is 0 Å². The van der Waals surface area contributed by atoms with Gasteiger partial charge in [0.25, 0.3) is 0 Å². The van der Waals surface area contributed by atoms with Crippen LogP contribution in [0.5, 0.6) is 0 Å². The molecule has 0 spiro atoms. The molecule has 1 aliphatic heterocycles. The summed E-state index contributed by atoms with van der Waals surface area (Å²) >= 11 is 0. The first kappa shape index (κ1) is 16.1. The number of likely N-dealkylation sites (tertiary alicyclic amines) is 1. The lowest BCUT2D eigenvalue weighted by Crippen LogP contribution is -2.18. The molecule has 0 aromatic rings. The number of hydrogen-bond acceptors (Lipinski definition) is 2. The van der Waals surface area contributed by atoms with Crippen LogP contribution in [-0.4, -0.2) is 31.1 Å². The molecule has 4 heteroatoms. The molecule has 1 aliphatic rings. The molecule has 2 nitrogen and oxygen atoms in total. The lowest BCUT2D eigenvalue weighted by molar-refractivity contribution is 0.383. The maximum atomic E-state index is 5.18. The molecule has 0 bridgehead atoms. The summed E-state index contributed by atoms with van der Waals surface area (Å²) in [5, 5.41) is 0. The zero-order valence-corrected chi connectivity index (χ0v) is 9.72. The average molecular weight is 235 g/mol. The second kappa shape index (κ2) is 10.7. The summed E-state index contributed by atoms with van der Waals surface area (Å²) in [6, 6.07) is 0. The van der Waals surface area contributed by atoms with Gasteiger partial charge in [-0.05, 0) is 37.8 Å². The molecule has 0 aromatic carbocycles. The third-order valence-electron chi connectivity index (χ3n) is 1.84. The molecule has 0 aromatic heterocycles. The highest BCUT2D eigenvalue weighted by atomic mass is 35.5. The average Bonchev–Trinajstić information content (AvgIpc) is 2.57. The predicted octanol–water partition coefficient (Wildman–Crippen LogP) is 0.891. The third-order valence-corrected chi connectivity index (χ3v) is 1.84. The fourth-order valence-electron chi connectivity index (χ4n) is 1.23. The van der Waals surface area contributed by atoms with Gasteiger partial charge in [0.05, 0.1) is 13.1 Å². The fourth-order valence-corrected chi connectivity index (χ4v) is 1.23. The van der Waals surface area contributed by atoms with E-state index < -0.39 is 0 Å². The van der Waals surface area contributed by atoms with E-state index >= 15 is 0 Å². The van der Waals surface area contributed by atoms with E-state index in [1.54, 1.807) is 0 Å². The molecule has 0 radical (unpaired) electrons. The van der Waals surface area contributed by atoms with Gasteiger partial charge < -0.3 is 5.73 Å². The zero-order chi connectivity index (χ0) is 8.65. The Morgan fingerprint density at radius 2 is 1.57 bits per heavy atom. The van der Waals surface area contributed by atoms with Crippen molar-refractivity contribution in [3.05, 3.63) is 0 Å². The van der Waals surface area contributed by atoms with E-state index in [4.69, 9.17) is 5.73 Å². The molecule has 0 amide bonds. The van der Waals surface area contributed by atoms with Gasteiger partial charge in [-0.25, -0.2) is 0 Å². The lowest BCUT2D eigenvalue weighted by Gasteiger charge is -2.07. The maximum Gasteiger partial charge on any atom is 0.0611 e. The van der Waals surface area contributed by atoms with Crippen LogP contribution < -0.4 is 5.73 Å². The van der Waals surface area contributed by atoms with Crippen LogP contribution in [0.3, 0.4) is 0 Å². The molecule has 0 saturated carbocycles. The normalized spacial score (nSPS) is 13.8. The first-order chi connectivity index (χ1) is 5.93. The Hall–Kier alpha value is -0.380.